The maximum absolute atomic E-state index is 10.5. The van der Waals surface area contributed by atoms with Gasteiger partial charge in [0.05, 0.1) is 13.0 Å². The van der Waals surface area contributed by atoms with E-state index >= 15 is 0 Å². The maximum Gasteiger partial charge on any atom is 0.305 e. The lowest BCUT2D eigenvalue weighted by Crippen LogP contribution is -2.27. The summed E-state index contributed by atoms with van der Waals surface area (Å²) >= 11 is 0. The summed E-state index contributed by atoms with van der Waals surface area (Å²) < 4.78 is 0. The van der Waals surface area contributed by atoms with Crippen LogP contribution in [0.1, 0.15) is 12.0 Å². The normalized spacial score (nSPS) is 9.50. The highest BCUT2D eigenvalue weighted by Gasteiger charge is 2.09. The average Bonchev–Trinajstić information content (AvgIpc) is 2.25. The van der Waals surface area contributed by atoms with Gasteiger partial charge in [0.15, 0.2) is 0 Å². The summed E-state index contributed by atoms with van der Waals surface area (Å²) in [5.74, 6) is 1.74. The molecule has 84 valence electrons. The number of rotatable bonds is 5. The van der Waals surface area contributed by atoms with Gasteiger partial charge in [-0.3, -0.25) is 4.79 Å². The lowest BCUT2D eigenvalue weighted by Gasteiger charge is -2.23. The molecular weight excluding hydrogens is 202 g/mol. The summed E-state index contributed by atoms with van der Waals surface area (Å²) in [7, 11) is 0. The Bertz CT molecular complexity index is 407. The quantitative estimate of drug-likeness (QED) is 0.766. The molecule has 3 heteroatoms. The van der Waals surface area contributed by atoms with Crippen molar-refractivity contribution in [1.82, 2.24) is 0 Å². The number of terminal acetylenes is 1. The van der Waals surface area contributed by atoms with Crippen molar-refractivity contribution >= 4 is 11.7 Å². The maximum atomic E-state index is 10.5. The van der Waals surface area contributed by atoms with Gasteiger partial charge in [0.1, 0.15) is 0 Å². The van der Waals surface area contributed by atoms with Crippen molar-refractivity contribution in [1.29, 1.82) is 0 Å². The van der Waals surface area contributed by atoms with Crippen molar-refractivity contribution < 1.29 is 9.90 Å². The van der Waals surface area contributed by atoms with E-state index in [-0.39, 0.29) is 6.42 Å². The first-order chi connectivity index (χ1) is 7.65. The fourth-order valence-corrected chi connectivity index (χ4v) is 1.54. The predicted octanol–water partition coefficient (Wildman–Crippen LogP) is 1.91. The number of para-hydroxylation sites is 1. The Balaban J connectivity index is 2.81. The second-order valence-electron chi connectivity index (χ2n) is 3.56. The van der Waals surface area contributed by atoms with Gasteiger partial charge >= 0.3 is 5.97 Å². The number of aliphatic carboxylic acids is 1. The Hall–Kier alpha value is -1.95. The van der Waals surface area contributed by atoms with Crippen molar-refractivity contribution in [3.63, 3.8) is 0 Å². The Morgan fingerprint density at radius 1 is 1.50 bits per heavy atom. The first-order valence-corrected chi connectivity index (χ1v) is 5.11. The lowest BCUT2D eigenvalue weighted by molar-refractivity contribution is -0.136. The highest BCUT2D eigenvalue weighted by molar-refractivity contribution is 5.68. The van der Waals surface area contributed by atoms with Crippen molar-refractivity contribution in [2.45, 2.75) is 13.3 Å². The average molecular weight is 217 g/mol. The Morgan fingerprint density at radius 2 is 2.19 bits per heavy atom. The second kappa shape index (κ2) is 5.82. The number of hydrogen-bond donors (Lipinski definition) is 1. The van der Waals surface area contributed by atoms with E-state index < -0.39 is 5.97 Å². The van der Waals surface area contributed by atoms with Crippen molar-refractivity contribution in [3.05, 3.63) is 29.8 Å². The molecule has 0 heterocycles. The van der Waals surface area contributed by atoms with Crippen LogP contribution in [0, 0.1) is 19.3 Å². The third-order valence-electron chi connectivity index (χ3n) is 2.33. The molecule has 1 aromatic rings. The van der Waals surface area contributed by atoms with Gasteiger partial charge in [0, 0.05) is 12.2 Å². The van der Waals surface area contributed by atoms with Gasteiger partial charge in [0.2, 0.25) is 0 Å². The lowest BCUT2D eigenvalue weighted by atomic mass is 10.1. The highest BCUT2D eigenvalue weighted by atomic mass is 16.4. The predicted molar refractivity (Wildman–Crippen MR) is 64.5 cm³/mol. The summed E-state index contributed by atoms with van der Waals surface area (Å²) in [5.41, 5.74) is 2.10. The molecule has 1 N–H and O–H groups in total. The fourth-order valence-electron chi connectivity index (χ4n) is 1.54. The number of anilines is 1. The van der Waals surface area contributed by atoms with Crippen LogP contribution < -0.4 is 4.90 Å². The SMILES string of the molecule is C#CCN(CCC(=O)O)c1ccccc1C. The van der Waals surface area contributed by atoms with Gasteiger partial charge < -0.3 is 10.0 Å². The molecule has 0 bridgehead atoms. The van der Waals surface area contributed by atoms with Gasteiger partial charge in [-0.1, -0.05) is 24.1 Å². The van der Waals surface area contributed by atoms with Crippen molar-refractivity contribution in [2.24, 2.45) is 0 Å². The van der Waals surface area contributed by atoms with Gasteiger partial charge in [-0.15, -0.1) is 6.42 Å². The number of aryl methyl sites for hydroxylation is 1. The van der Waals surface area contributed by atoms with Gasteiger partial charge in [-0.2, -0.15) is 0 Å². The number of carboxylic acid groups (broad SMARTS) is 1. The molecule has 3 nitrogen and oxygen atoms in total. The van der Waals surface area contributed by atoms with Gasteiger partial charge in [-0.05, 0) is 18.6 Å². The van der Waals surface area contributed by atoms with Crippen LogP contribution >= 0.6 is 0 Å². The van der Waals surface area contributed by atoms with Crippen LogP contribution in [0.3, 0.4) is 0 Å². The second-order valence-corrected chi connectivity index (χ2v) is 3.56. The molecule has 0 amide bonds. The van der Waals surface area contributed by atoms with Crippen LogP contribution in [0.5, 0.6) is 0 Å². The summed E-state index contributed by atoms with van der Waals surface area (Å²) in [6.07, 6.45) is 5.38. The number of hydrogen-bond acceptors (Lipinski definition) is 2. The van der Waals surface area contributed by atoms with Crippen LogP contribution in [-0.2, 0) is 4.79 Å². The molecule has 0 aliphatic heterocycles. The molecule has 0 unspecified atom stereocenters. The smallest absolute Gasteiger partial charge is 0.305 e. The Morgan fingerprint density at radius 3 is 2.75 bits per heavy atom. The zero-order valence-corrected chi connectivity index (χ0v) is 9.31. The third kappa shape index (κ3) is 3.32. The molecule has 1 rings (SSSR count). The molecule has 0 saturated heterocycles. The van der Waals surface area contributed by atoms with Gasteiger partial charge in [0.25, 0.3) is 0 Å². The molecule has 0 spiro atoms. The molecule has 0 fully saturated rings. The minimum atomic E-state index is -0.810. The number of carboxylic acids is 1. The third-order valence-corrected chi connectivity index (χ3v) is 2.33. The van der Waals surface area contributed by atoms with E-state index in [0.29, 0.717) is 13.1 Å². The standard InChI is InChI=1S/C13H15NO2/c1-3-9-14(10-8-13(15)16)12-7-5-4-6-11(12)2/h1,4-7H,8-10H2,2H3,(H,15,16). The van der Waals surface area contributed by atoms with E-state index in [1.165, 1.54) is 0 Å². The first kappa shape index (κ1) is 12.1. The van der Waals surface area contributed by atoms with E-state index in [9.17, 15) is 4.79 Å². The van der Waals surface area contributed by atoms with Crippen LogP contribution in [0.15, 0.2) is 24.3 Å². The summed E-state index contributed by atoms with van der Waals surface area (Å²) in [5, 5.41) is 8.67. The van der Waals surface area contributed by atoms with E-state index in [4.69, 9.17) is 11.5 Å². The fraction of sp³-hybridized carbons (Fsp3) is 0.308. The van der Waals surface area contributed by atoms with Gasteiger partial charge in [-0.25, -0.2) is 0 Å². The number of carbonyl (C=O) groups is 1. The first-order valence-electron chi connectivity index (χ1n) is 5.11. The Kier molecular flexibility index (Phi) is 4.41. The molecule has 0 aliphatic rings. The summed E-state index contributed by atoms with van der Waals surface area (Å²) in [6, 6.07) is 7.81. The largest absolute Gasteiger partial charge is 0.481 e. The molecule has 0 aliphatic carbocycles. The molecule has 0 aromatic heterocycles. The van der Waals surface area contributed by atoms with Crippen LogP contribution in [0.25, 0.3) is 0 Å². The zero-order chi connectivity index (χ0) is 12.0. The van der Waals surface area contributed by atoms with Crippen LogP contribution in [-0.4, -0.2) is 24.2 Å². The van der Waals surface area contributed by atoms with Crippen molar-refractivity contribution in [3.8, 4) is 12.3 Å². The molecule has 0 saturated carbocycles. The molecule has 0 radical (unpaired) electrons. The number of benzene rings is 1. The summed E-state index contributed by atoms with van der Waals surface area (Å²) in [4.78, 5) is 12.5. The van der Waals surface area contributed by atoms with E-state index in [1.807, 2.05) is 36.1 Å². The van der Waals surface area contributed by atoms with E-state index in [2.05, 4.69) is 5.92 Å². The number of nitrogens with zero attached hydrogens (tertiary/aromatic N) is 1. The van der Waals surface area contributed by atoms with E-state index in [1.54, 1.807) is 0 Å². The minimum absolute atomic E-state index is 0.0933. The van der Waals surface area contributed by atoms with Crippen LogP contribution in [0.4, 0.5) is 5.69 Å². The highest BCUT2D eigenvalue weighted by Crippen LogP contribution is 2.19. The molecule has 16 heavy (non-hydrogen) atoms. The zero-order valence-electron chi connectivity index (χ0n) is 9.31. The molecule has 1 aromatic carbocycles. The monoisotopic (exact) mass is 217 g/mol. The summed E-state index contributed by atoms with van der Waals surface area (Å²) in [6.45, 7) is 2.85. The van der Waals surface area contributed by atoms with E-state index in [0.717, 1.165) is 11.3 Å². The van der Waals surface area contributed by atoms with Crippen LogP contribution in [0.2, 0.25) is 0 Å². The topological polar surface area (TPSA) is 40.5 Å². The minimum Gasteiger partial charge on any atom is -0.481 e. The molecular formula is C13H15NO2. The van der Waals surface area contributed by atoms with Crippen molar-refractivity contribution in [2.75, 3.05) is 18.0 Å². The Labute approximate surface area is 95.7 Å². The molecule has 0 atom stereocenters.